The second kappa shape index (κ2) is 2.74. The van der Waals surface area contributed by atoms with E-state index in [-0.39, 0.29) is 5.41 Å². The molecule has 0 saturated heterocycles. The summed E-state index contributed by atoms with van der Waals surface area (Å²) in [5.74, 6) is 0.901. The largest absolute Gasteiger partial charge is 0.491 e. The van der Waals surface area contributed by atoms with Crippen LogP contribution in [0.25, 0.3) is 0 Å². The molecule has 0 saturated carbocycles. The Bertz CT molecular complexity index is 318. The van der Waals surface area contributed by atoms with Crippen molar-refractivity contribution >= 4 is 0 Å². The zero-order chi connectivity index (χ0) is 9.47. The third-order valence-electron chi connectivity index (χ3n) is 2.81. The first-order chi connectivity index (χ1) is 6.12. The fraction of sp³-hybridized carbons (Fsp3) is 0.455. The Morgan fingerprint density at radius 3 is 2.85 bits per heavy atom. The maximum Gasteiger partial charge on any atom is 0.123 e. The van der Waals surface area contributed by atoms with Crippen molar-refractivity contribution < 1.29 is 9.84 Å². The number of aliphatic hydroxyl groups is 1. The van der Waals surface area contributed by atoms with E-state index in [9.17, 15) is 5.11 Å². The molecule has 1 N–H and O–H groups in total. The molecule has 0 bridgehead atoms. The maximum atomic E-state index is 9.76. The van der Waals surface area contributed by atoms with Crippen LogP contribution < -0.4 is 4.74 Å². The molecule has 0 aliphatic carbocycles. The predicted octanol–water partition coefficient (Wildman–Crippen LogP) is 1.72. The SMILES string of the molecule is CC1(C)c2ccccc2OCC1O. The standard InChI is InChI=1S/C11H14O2/c1-11(2)8-5-3-4-6-9(8)13-7-10(11)12/h3-6,10,12H,7H2,1-2H3. The first-order valence-corrected chi connectivity index (χ1v) is 4.53. The number of fused-ring (bicyclic) bond motifs is 1. The molecule has 1 aromatic carbocycles. The van der Waals surface area contributed by atoms with Crippen LogP contribution >= 0.6 is 0 Å². The highest BCUT2D eigenvalue weighted by atomic mass is 16.5. The molecule has 13 heavy (non-hydrogen) atoms. The van der Waals surface area contributed by atoms with Gasteiger partial charge in [-0.2, -0.15) is 0 Å². The maximum absolute atomic E-state index is 9.76. The van der Waals surface area contributed by atoms with Crippen LogP contribution in [0.15, 0.2) is 24.3 Å². The van der Waals surface area contributed by atoms with E-state index in [2.05, 4.69) is 0 Å². The summed E-state index contributed by atoms with van der Waals surface area (Å²) in [5.41, 5.74) is 0.892. The van der Waals surface area contributed by atoms with Crippen molar-refractivity contribution in [1.29, 1.82) is 0 Å². The molecule has 2 heteroatoms. The van der Waals surface area contributed by atoms with Crippen molar-refractivity contribution in [3.05, 3.63) is 29.8 Å². The van der Waals surface area contributed by atoms with E-state index in [4.69, 9.17) is 4.74 Å². The van der Waals surface area contributed by atoms with Crippen molar-refractivity contribution in [3.63, 3.8) is 0 Å². The average molecular weight is 178 g/mol. The summed E-state index contributed by atoms with van der Waals surface area (Å²) in [6.45, 7) is 4.47. The Labute approximate surface area is 78.2 Å². The predicted molar refractivity (Wildman–Crippen MR) is 51.0 cm³/mol. The molecule has 1 aliphatic rings. The van der Waals surface area contributed by atoms with E-state index >= 15 is 0 Å². The van der Waals surface area contributed by atoms with Gasteiger partial charge in [0, 0.05) is 11.0 Å². The van der Waals surface area contributed by atoms with Gasteiger partial charge in [0.15, 0.2) is 0 Å². The van der Waals surface area contributed by atoms with Gasteiger partial charge in [0.1, 0.15) is 12.4 Å². The van der Waals surface area contributed by atoms with Gasteiger partial charge in [0.05, 0.1) is 6.10 Å². The monoisotopic (exact) mass is 178 g/mol. The Kier molecular flexibility index (Phi) is 1.81. The fourth-order valence-electron chi connectivity index (χ4n) is 1.68. The molecule has 70 valence electrons. The highest BCUT2D eigenvalue weighted by molar-refractivity contribution is 5.41. The summed E-state index contributed by atoms with van der Waals surface area (Å²) < 4.78 is 5.42. The van der Waals surface area contributed by atoms with Crippen LogP contribution in [0.3, 0.4) is 0 Å². The highest BCUT2D eigenvalue weighted by Gasteiger charge is 2.36. The lowest BCUT2D eigenvalue weighted by Crippen LogP contribution is -2.42. The number of benzene rings is 1. The summed E-state index contributed by atoms with van der Waals surface area (Å²) in [4.78, 5) is 0. The molecule has 0 spiro atoms. The van der Waals surface area contributed by atoms with Gasteiger partial charge < -0.3 is 9.84 Å². The van der Waals surface area contributed by atoms with Crippen molar-refractivity contribution in [2.45, 2.75) is 25.4 Å². The van der Waals surface area contributed by atoms with Gasteiger partial charge in [0.2, 0.25) is 0 Å². The van der Waals surface area contributed by atoms with Crippen molar-refractivity contribution in [2.75, 3.05) is 6.61 Å². The highest BCUT2D eigenvalue weighted by Crippen LogP contribution is 2.37. The molecule has 1 heterocycles. The number of hydrogen-bond donors (Lipinski definition) is 1. The van der Waals surface area contributed by atoms with Crippen LogP contribution in [0.2, 0.25) is 0 Å². The van der Waals surface area contributed by atoms with E-state index in [1.54, 1.807) is 0 Å². The third kappa shape index (κ3) is 1.22. The first-order valence-electron chi connectivity index (χ1n) is 4.53. The number of rotatable bonds is 0. The molecule has 1 aromatic rings. The van der Waals surface area contributed by atoms with Gasteiger partial charge in [-0.3, -0.25) is 0 Å². The molecule has 1 aliphatic heterocycles. The van der Waals surface area contributed by atoms with Crippen LogP contribution in [0.5, 0.6) is 5.75 Å². The van der Waals surface area contributed by atoms with Crippen LogP contribution in [-0.2, 0) is 5.41 Å². The van der Waals surface area contributed by atoms with Crippen LogP contribution in [0, 0.1) is 0 Å². The topological polar surface area (TPSA) is 29.5 Å². The minimum absolute atomic E-state index is 0.200. The summed E-state index contributed by atoms with van der Waals surface area (Å²) in [6.07, 6.45) is -0.414. The number of hydrogen-bond acceptors (Lipinski definition) is 2. The van der Waals surface area contributed by atoms with Gasteiger partial charge in [0.25, 0.3) is 0 Å². The third-order valence-corrected chi connectivity index (χ3v) is 2.81. The van der Waals surface area contributed by atoms with Crippen LogP contribution in [0.1, 0.15) is 19.4 Å². The van der Waals surface area contributed by atoms with Crippen molar-refractivity contribution in [3.8, 4) is 5.75 Å². The number of para-hydroxylation sites is 1. The Morgan fingerprint density at radius 1 is 1.38 bits per heavy atom. The summed E-state index contributed by atoms with van der Waals surface area (Å²) >= 11 is 0. The lowest BCUT2D eigenvalue weighted by Gasteiger charge is -2.36. The van der Waals surface area contributed by atoms with E-state index in [1.165, 1.54) is 0 Å². The molecule has 0 aromatic heterocycles. The fourth-order valence-corrected chi connectivity index (χ4v) is 1.68. The van der Waals surface area contributed by atoms with Crippen LogP contribution in [-0.4, -0.2) is 17.8 Å². The Hall–Kier alpha value is -1.02. The molecular weight excluding hydrogens is 164 g/mol. The van der Waals surface area contributed by atoms with Gasteiger partial charge in [-0.15, -0.1) is 0 Å². The normalized spacial score (nSPS) is 24.7. The van der Waals surface area contributed by atoms with Crippen LogP contribution in [0.4, 0.5) is 0 Å². The van der Waals surface area contributed by atoms with E-state index in [0.29, 0.717) is 6.61 Å². The lowest BCUT2D eigenvalue weighted by molar-refractivity contribution is 0.0318. The Balaban J connectivity index is 2.52. The summed E-state index contributed by atoms with van der Waals surface area (Å²) in [7, 11) is 0. The van der Waals surface area contributed by atoms with Crippen molar-refractivity contribution in [1.82, 2.24) is 0 Å². The minimum atomic E-state index is -0.414. The summed E-state index contributed by atoms with van der Waals surface area (Å²) in [5, 5.41) is 9.76. The quantitative estimate of drug-likeness (QED) is 0.655. The lowest BCUT2D eigenvalue weighted by atomic mass is 9.78. The van der Waals surface area contributed by atoms with Gasteiger partial charge in [-0.1, -0.05) is 32.0 Å². The first kappa shape index (κ1) is 8.57. The van der Waals surface area contributed by atoms with Gasteiger partial charge >= 0.3 is 0 Å². The van der Waals surface area contributed by atoms with E-state index < -0.39 is 6.10 Å². The molecule has 1 unspecified atom stereocenters. The average Bonchev–Trinajstić information content (AvgIpc) is 2.13. The van der Waals surface area contributed by atoms with Gasteiger partial charge in [-0.25, -0.2) is 0 Å². The summed E-state index contributed by atoms with van der Waals surface area (Å²) in [6, 6.07) is 7.88. The second-order valence-corrected chi connectivity index (χ2v) is 4.04. The molecule has 2 rings (SSSR count). The minimum Gasteiger partial charge on any atom is -0.491 e. The zero-order valence-electron chi connectivity index (χ0n) is 7.95. The second-order valence-electron chi connectivity index (χ2n) is 4.04. The van der Waals surface area contributed by atoms with Gasteiger partial charge in [-0.05, 0) is 6.07 Å². The zero-order valence-corrected chi connectivity index (χ0v) is 7.95. The van der Waals surface area contributed by atoms with E-state index in [1.807, 2.05) is 38.1 Å². The number of aliphatic hydroxyl groups excluding tert-OH is 1. The molecular formula is C11H14O2. The van der Waals surface area contributed by atoms with Crippen molar-refractivity contribution in [2.24, 2.45) is 0 Å². The number of ether oxygens (including phenoxy) is 1. The smallest absolute Gasteiger partial charge is 0.123 e. The Morgan fingerprint density at radius 2 is 2.08 bits per heavy atom. The molecule has 1 atom stereocenters. The molecule has 0 radical (unpaired) electrons. The molecule has 0 fully saturated rings. The molecule has 2 nitrogen and oxygen atoms in total. The van der Waals surface area contributed by atoms with E-state index in [0.717, 1.165) is 11.3 Å². The molecule has 0 amide bonds.